The van der Waals surface area contributed by atoms with Crippen LogP contribution >= 0.6 is 0 Å². The van der Waals surface area contributed by atoms with Gasteiger partial charge in [-0.1, -0.05) is 18.9 Å². The first-order chi connectivity index (χ1) is 10.2. The summed E-state index contributed by atoms with van der Waals surface area (Å²) in [6, 6.07) is 6.55. The molecule has 2 heterocycles. The molecule has 0 bridgehead atoms. The molecule has 0 spiro atoms. The minimum atomic E-state index is -0.176. The summed E-state index contributed by atoms with van der Waals surface area (Å²) in [4.78, 5) is 6.85. The first-order valence-corrected chi connectivity index (χ1v) is 8.03. The van der Waals surface area contributed by atoms with E-state index in [0.29, 0.717) is 17.7 Å². The fourth-order valence-corrected chi connectivity index (χ4v) is 3.90. The SMILES string of the molecule is Cc1ccc(N2CCC[C@@H]2[C@H]2CCCC[C@H]2O)nc1C#N. The second-order valence-electron chi connectivity index (χ2n) is 6.37. The Morgan fingerprint density at radius 1 is 1.24 bits per heavy atom. The number of aliphatic hydroxyl groups is 1. The molecule has 1 aromatic heterocycles. The summed E-state index contributed by atoms with van der Waals surface area (Å²) in [6.45, 7) is 2.90. The number of aromatic nitrogens is 1. The lowest BCUT2D eigenvalue weighted by Crippen LogP contribution is -2.43. The van der Waals surface area contributed by atoms with Crippen LogP contribution in [0.2, 0.25) is 0 Å². The van der Waals surface area contributed by atoms with Crippen molar-refractivity contribution in [1.29, 1.82) is 5.26 Å². The summed E-state index contributed by atoms with van der Waals surface area (Å²) in [5.41, 5.74) is 1.44. The van der Waals surface area contributed by atoms with Gasteiger partial charge in [-0.05, 0) is 44.2 Å². The summed E-state index contributed by atoms with van der Waals surface area (Å²) in [7, 11) is 0. The molecule has 0 amide bonds. The molecule has 1 saturated carbocycles. The van der Waals surface area contributed by atoms with Crippen molar-refractivity contribution in [3.63, 3.8) is 0 Å². The van der Waals surface area contributed by atoms with Crippen molar-refractivity contribution in [3.8, 4) is 6.07 Å². The van der Waals surface area contributed by atoms with Gasteiger partial charge >= 0.3 is 0 Å². The fourth-order valence-electron chi connectivity index (χ4n) is 3.90. The van der Waals surface area contributed by atoms with E-state index in [2.05, 4.69) is 16.0 Å². The van der Waals surface area contributed by atoms with Crippen LogP contribution in [-0.4, -0.2) is 28.8 Å². The third kappa shape index (κ3) is 2.75. The zero-order valence-electron chi connectivity index (χ0n) is 12.6. The highest BCUT2D eigenvalue weighted by Gasteiger charge is 2.37. The molecule has 1 saturated heterocycles. The number of hydrogen-bond donors (Lipinski definition) is 1. The monoisotopic (exact) mass is 285 g/mol. The maximum Gasteiger partial charge on any atom is 0.145 e. The number of aryl methyl sites for hydroxylation is 1. The molecule has 0 unspecified atom stereocenters. The maximum atomic E-state index is 10.3. The first kappa shape index (κ1) is 14.3. The van der Waals surface area contributed by atoms with Gasteiger partial charge in [-0.25, -0.2) is 4.98 Å². The van der Waals surface area contributed by atoms with Crippen molar-refractivity contribution < 1.29 is 5.11 Å². The van der Waals surface area contributed by atoms with Crippen molar-refractivity contribution in [2.75, 3.05) is 11.4 Å². The molecule has 21 heavy (non-hydrogen) atoms. The quantitative estimate of drug-likeness (QED) is 0.907. The Morgan fingerprint density at radius 3 is 2.81 bits per heavy atom. The number of anilines is 1. The van der Waals surface area contributed by atoms with Gasteiger partial charge < -0.3 is 10.0 Å². The van der Waals surface area contributed by atoms with E-state index in [4.69, 9.17) is 0 Å². The molecule has 2 aliphatic rings. The zero-order chi connectivity index (χ0) is 14.8. The molecule has 0 radical (unpaired) electrons. The Morgan fingerprint density at radius 2 is 2.05 bits per heavy atom. The molecular formula is C17H23N3O. The second-order valence-corrected chi connectivity index (χ2v) is 6.37. The first-order valence-electron chi connectivity index (χ1n) is 8.03. The molecule has 4 nitrogen and oxygen atoms in total. The molecule has 3 rings (SSSR count). The lowest BCUT2D eigenvalue weighted by molar-refractivity contribution is 0.0565. The topological polar surface area (TPSA) is 60.1 Å². The van der Waals surface area contributed by atoms with Gasteiger partial charge in [0.2, 0.25) is 0 Å². The van der Waals surface area contributed by atoms with E-state index in [-0.39, 0.29) is 6.10 Å². The van der Waals surface area contributed by atoms with Crippen LogP contribution in [0, 0.1) is 24.2 Å². The number of pyridine rings is 1. The zero-order valence-corrected chi connectivity index (χ0v) is 12.6. The number of nitriles is 1. The number of nitrogens with zero attached hydrogens (tertiary/aromatic N) is 3. The number of aliphatic hydroxyl groups excluding tert-OH is 1. The predicted octanol–water partition coefficient (Wildman–Crippen LogP) is 2.78. The van der Waals surface area contributed by atoms with Gasteiger partial charge in [0.1, 0.15) is 17.6 Å². The molecule has 1 aliphatic heterocycles. The van der Waals surface area contributed by atoms with Gasteiger partial charge in [-0.2, -0.15) is 5.26 Å². The minimum absolute atomic E-state index is 0.176. The third-order valence-corrected chi connectivity index (χ3v) is 5.06. The molecule has 2 fully saturated rings. The Balaban J connectivity index is 1.85. The average Bonchev–Trinajstić information content (AvgIpc) is 2.97. The standard InChI is InChI=1S/C17H23N3O/c1-12-8-9-17(19-14(12)11-18)20-10-4-6-15(20)13-5-2-3-7-16(13)21/h8-9,13,15-16,21H,2-7,10H2,1H3/t13-,15-,16-/m1/s1. The van der Waals surface area contributed by atoms with Gasteiger partial charge in [0.05, 0.1) is 6.10 Å². The second kappa shape index (κ2) is 6.03. The van der Waals surface area contributed by atoms with Crippen molar-refractivity contribution in [2.45, 2.75) is 57.6 Å². The maximum absolute atomic E-state index is 10.3. The predicted molar refractivity (Wildman–Crippen MR) is 82.0 cm³/mol. The molecule has 3 atom stereocenters. The Bertz CT molecular complexity index is 551. The number of rotatable bonds is 2. The molecule has 112 valence electrons. The van der Waals surface area contributed by atoms with Crippen LogP contribution in [0.5, 0.6) is 0 Å². The van der Waals surface area contributed by atoms with Gasteiger partial charge in [0.15, 0.2) is 0 Å². The molecular weight excluding hydrogens is 262 g/mol. The highest BCUT2D eigenvalue weighted by molar-refractivity contribution is 5.46. The number of hydrogen-bond acceptors (Lipinski definition) is 4. The van der Waals surface area contributed by atoms with E-state index in [0.717, 1.165) is 50.0 Å². The Kier molecular flexibility index (Phi) is 4.12. The summed E-state index contributed by atoms with van der Waals surface area (Å²) in [5, 5.41) is 19.5. The van der Waals surface area contributed by atoms with E-state index < -0.39 is 0 Å². The van der Waals surface area contributed by atoms with E-state index in [1.807, 2.05) is 19.1 Å². The highest BCUT2D eigenvalue weighted by Crippen LogP contribution is 2.36. The summed E-state index contributed by atoms with van der Waals surface area (Å²) >= 11 is 0. The highest BCUT2D eigenvalue weighted by atomic mass is 16.3. The summed E-state index contributed by atoms with van der Waals surface area (Å²) in [6.07, 6.45) is 6.50. The van der Waals surface area contributed by atoms with Crippen LogP contribution in [0.3, 0.4) is 0 Å². The molecule has 1 aromatic rings. The largest absolute Gasteiger partial charge is 0.393 e. The molecule has 1 N–H and O–H groups in total. The smallest absolute Gasteiger partial charge is 0.145 e. The molecule has 0 aromatic carbocycles. The average molecular weight is 285 g/mol. The third-order valence-electron chi connectivity index (χ3n) is 5.06. The van der Waals surface area contributed by atoms with Crippen molar-refractivity contribution in [3.05, 3.63) is 23.4 Å². The minimum Gasteiger partial charge on any atom is -0.393 e. The van der Waals surface area contributed by atoms with E-state index in [1.54, 1.807) is 0 Å². The summed E-state index contributed by atoms with van der Waals surface area (Å²) in [5.74, 6) is 1.26. The van der Waals surface area contributed by atoms with E-state index in [1.165, 1.54) is 6.42 Å². The van der Waals surface area contributed by atoms with Crippen molar-refractivity contribution in [2.24, 2.45) is 5.92 Å². The van der Waals surface area contributed by atoms with Crippen LogP contribution in [0.4, 0.5) is 5.82 Å². The normalized spacial score (nSPS) is 29.4. The van der Waals surface area contributed by atoms with Crippen LogP contribution in [0.25, 0.3) is 0 Å². The van der Waals surface area contributed by atoms with E-state index >= 15 is 0 Å². The van der Waals surface area contributed by atoms with Gasteiger partial charge in [-0.15, -0.1) is 0 Å². The fraction of sp³-hybridized carbons (Fsp3) is 0.647. The molecule has 1 aliphatic carbocycles. The Labute approximate surface area is 126 Å². The van der Waals surface area contributed by atoms with Gasteiger partial charge in [-0.3, -0.25) is 0 Å². The van der Waals surface area contributed by atoms with Crippen molar-refractivity contribution in [1.82, 2.24) is 4.98 Å². The van der Waals surface area contributed by atoms with Gasteiger partial charge in [0.25, 0.3) is 0 Å². The van der Waals surface area contributed by atoms with Gasteiger partial charge in [0, 0.05) is 18.5 Å². The lowest BCUT2D eigenvalue weighted by Gasteiger charge is -2.37. The lowest BCUT2D eigenvalue weighted by atomic mass is 9.80. The summed E-state index contributed by atoms with van der Waals surface area (Å²) < 4.78 is 0. The molecule has 4 heteroatoms. The van der Waals surface area contributed by atoms with Crippen LogP contribution in [-0.2, 0) is 0 Å². The van der Waals surface area contributed by atoms with E-state index in [9.17, 15) is 10.4 Å². The van der Waals surface area contributed by atoms with Crippen LogP contribution < -0.4 is 4.90 Å². The van der Waals surface area contributed by atoms with Crippen LogP contribution in [0.15, 0.2) is 12.1 Å². The van der Waals surface area contributed by atoms with Crippen LogP contribution in [0.1, 0.15) is 49.8 Å². The Hall–Kier alpha value is -1.60. The van der Waals surface area contributed by atoms with Crippen molar-refractivity contribution >= 4 is 5.82 Å².